The highest BCUT2D eigenvalue weighted by Gasteiger charge is 2.30. The zero-order valence-electron chi connectivity index (χ0n) is 61.1. The smallest absolute Gasteiger partial charge is 0.462 e. The molecule has 0 saturated carbocycles. The van der Waals surface area contributed by atoms with Crippen LogP contribution in [-0.4, -0.2) is 96.7 Å². The predicted molar refractivity (Wildman–Crippen MR) is 382 cm³/mol. The first-order valence-corrected chi connectivity index (χ1v) is 42.2. The Morgan fingerprint density at radius 2 is 0.511 bits per heavy atom. The topological polar surface area (TPSA) is 237 Å². The van der Waals surface area contributed by atoms with Gasteiger partial charge in [-0.2, -0.15) is 0 Å². The normalized spacial score (nSPS) is 14.3. The summed E-state index contributed by atoms with van der Waals surface area (Å²) < 4.78 is 68.3. The maximum atomic E-state index is 13.1. The van der Waals surface area contributed by atoms with Gasteiger partial charge in [0.2, 0.25) is 0 Å². The average Bonchev–Trinajstić information content (AvgIpc) is 2.60. The Bertz CT molecular complexity index is 1810. The van der Waals surface area contributed by atoms with Gasteiger partial charge in [-0.15, -0.1) is 0 Å². The number of ether oxygens (including phenoxy) is 4. The first-order chi connectivity index (χ1) is 45.6. The van der Waals surface area contributed by atoms with Crippen molar-refractivity contribution in [3.63, 3.8) is 0 Å². The van der Waals surface area contributed by atoms with Gasteiger partial charge >= 0.3 is 39.5 Å². The Morgan fingerprint density at radius 1 is 0.298 bits per heavy atom. The van der Waals surface area contributed by atoms with Gasteiger partial charge in [0.15, 0.2) is 12.2 Å². The van der Waals surface area contributed by atoms with E-state index < -0.39 is 97.5 Å². The van der Waals surface area contributed by atoms with Gasteiger partial charge in [-0.3, -0.25) is 37.3 Å². The van der Waals surface area contributed by atoms with Crippen molar-refractivity contribution in [1.82, 2.24) is 0 Å². The molecule has 558 valence electrons. The third-order valence-corrected chi connectivity index (χ3v) is 19.8. The van der Waals surface area contributed by atoms with Crippen LogP contribution >= 0.6 is 15.6 Å². The van der Waals surface area contributed by atoms with Gasteiger partial charge in [0.1, 0.15) is 19.3 Å². The molecular formula is C75H146O17P2. The number of unbranched alkanes of at least 4 members (excludes halogenated alkanes) is 46. The number of aliphatic hydroxyl groups excluding tert-OH is 1. The number of aliphatic hydroxyl groups is 1. The first-order valence-electron chi connectivity index (χ1n) is 39.2. The van der Waals surface area contributed by atoms with Crippen LogP contribution in [0.1, 0.15) is 394 Å². The van der Waals surface area contributed by atoms with Crippen molar-refractivity contribution in [3.05, 3.63) is 0 Å². The highest BCUT2D eigenvalue weighted by atomic mass is 31.2. The molecule has 0 aliphatic carbocycles. The van der Waals surface area contributed by atoms with Crippen LogP contribution in [0.3, 0.4) is 0 Å². The molecule has 0 spiro atoms. The molecule has 0 heterocycles. The molecule has 3 N–H and O–H groups in total. The summed E-state index contributed by atoms with van der Waals surface area (Å²) in [5.74, 6) is -1.31. The zero-order chi connectivity index (χ0) is 69.1. The summed E-state index contributed by atoms with van der Waals surface area (Å²) in [5, 5.41) is 10.6. The number of phosphoric acid groups is 2. The quantitative estimate of drug-likeness (QED) is 0.0222. The van der Waals surface area contributed by atoms with E-state index in [2.05, 4.69) is 34.6 Å². The molecule has 94 heavy (non-hydrogen) atoms. The van der Waals surface area contributed by atoms with E-state index in [-0.39, 0.29) is 25.7 Å². The van der Waals surface area contributed by atoms with Gasteiger partial charge in [0, 0.05) is 25.7 Å². The van der Waals surface area contributed by atoms with Crippen molar-refractivity contribution in [1.29, 1.82) is 0 Å². The molecule has 0 aromatic carbocycles. The van der Waals surface area contributed by atoms with E-state index in [1.165, 1.54) is 205 Å². The lowest BCUT2D eigenvalue weighted by Crippen LogP contribution is -2.30. The molecular weight excluding hydrogens is 1230 g/mol. The minimum atomic E-state index is -4.95. The van der Waals surface area contributed by atoms with Crippen LogP contribution in [0.25, 0.3) is 0 Å². The van der Waals surface area contributed by atoms with Crippen LogP contribution < -0.4 is 0 Å². The molecule has 0 aliphatic heterocycles. The molecule has 0 radical (unpaired) electrons. The van der Waals surface area contributed by atoms with Gasteiger partial charge < -0.3 is 33.8 Å². The number of hydrogen-bond donors (Lipinski definition) is 3. The molecule has 0 bridgehead atoms. The van der Waals surface area contributed by atoms with E-state index in [0.29, 0.717) is 25.7 Å². The largest absolute Gasteiger partial charge is 0.472 e. The Morgan fingerprint density at radius 3 is 0.755 bits per heavy atom. The maximum Gasteiger partial charge on any atom is 0.472 e. The molecule has 17 nitrogen and oxygen atoms in total. The third-order valence-electron chi connectivity index (χ3n) is 17.9. The highest BCUT2D eigenvalue weighted by molar-refractivity contribution is 7.47. The van der Waals surface area contributed by atoms with Crippen LogP contribution in [0.2, 0.25) is 0 Å². The summed E-state index contributed by atoms with van der Waals surface area (Å²) in [7, 11) is -9.90. The van der Waals surface area contributed by atoms with Gasteiger partial charge in [-0.25, -0.2) is 9.13 Å². The number of rotatable bonds is 75. The number of hydrogen-bond acceptors (Lipinski definition) is 15. The minimum absolute atomic E-state index is 0.107. The molecule has 0 fully saturated rings. The number of carbonyl (C=O) groups excluding carboxylic acids is 4. The Labute approximate surface area is 575 Å². The Balaban J connectivity index is 5.14. The molecule has 0 amide bonds. The van der Waals surface area contributed by atoms with Gasteiger partial charge in [0.25, 0.3) is 0 Å². The Hall–Kier alpha value is -1.94. The maximum absolute atomic E-state index is 13.1. The van der Waals surface area contributed by atoms with Crippen molar-refractivity contribution < 1.29 is 80.2 Å². The van der Waals surface area contributed by atoms with E-state index in [1.807, 2.05) is 0 Å². The minimum Gasteiger partial charge on any atom is -0.462 e. The Kier molecular flexibility index (Phi) is 66.8. The zero-order valence-corrected chi connectivity index (χ0v) is 62.9. The molecule has 6 atom stereocenters. The van der Waals surface area contributed by atoms with Crippen molar-refractivity contribution in [2.75, 3.05) is 39.6 Å². The summed E-state index contributed by atoms with van der Waals surface area (Å²) in [6, 6.07) is 0. The summed E-state index contributed by atoms with van der Waals surface area (Å²) in [6.45, 7) is 7.26. The van der Waals surface area contributed by atoms with Crippen LogP contribution in [0.4, 0.5) is 0 Å². The van der Waals surface area contributed by atoms with Crippen molar-refractivity contribution in [2.24, 2.45) is 5.92 Å². The number of phosphoric ester groups is 2. The van der Waals surface area contributed by atoms with E-state index in [1.54, 1.807) is 0 Å². The molecule has 3 unspecified atom stereocenters. The van der Waals surface area contributed by atoms with E-state index >= 15 is 0 Å². The van der Waals surface area contributed by atoms with Crippen LogP contribution in [-0.2, 0) is 65.4 Å². The summed E-state index contributed by atoms with van der Waals surface area (Å²) >= 11 is 0. The van der Waals surface area contributed by atoms with Crippen LogP contribution in [0.15, 0.2) is 0 Å². The highest BCUT2D eigenvalue weighted by Crippen LogP contribution is 2.45. The predicted octanol–water partition coefficient (Wildman–Crippen LogP) is 22.1. The third kappa shape index (κ3) is 67.3. The van der Waals surface area contributed by atoms with Crippen molar-refractivity contribution in [3.8, 4) is 0 Å². The summed E-state index contributed by atoms with van der Waals surface area (Å²) in [6.07, 6.45) is 57.1. The van der Waals surface area contributed by atoms with Gasteiger partial charge in [0.05, 0.1) is 26.4 Å². The SMILES string of the molecule is CCCCCCCCCCCCCCCCCCCCCCCCC(=O)O[C@H](COC(=O)CCCCCCCCCCCCC(C)CC)COP(=O)(O)OC[C@@H](O)COP(=O)(O)OC[C@@H](COC(=O)CCCCCCCCC)OC(=O)CCCCCCCCCCCCC. The first kappa shape index (κ1) is 92.1. The van der Waals surface area contributed by atoms with E-state index in [9.17, 15) is 43.2 Å². The van der Waals surface area contributed by atoms with Crippen LogP contribution in [0.5, 0.6) is 0 Å². The molecule has 0 saturated heterocycles. The monoisotopic (exact) mass is 1380 g/mol. The van der Waals surface area contributed by atoms with Crippen molar-refractivity contribution >= 4 is 39.5 Å². The fourth-order valence-corrected chi connectivity index (χ4v) is 13.1. The molecule has 0 rings (SSSR count). The second kappa shape index (κ2) is 68.2. The van der Waals surface area contributed by atoms with Crippen molar-refractivity contribution in [2.45, 2.75) is 412 Å². The molecule has 0 aromatic rings. The second-order valence-corrected chi connectivity index (χ2v) is 30.2. The lowest BCUT2D eigenvalue weighted by Gasteiger charge is -2.21. The standard InChI is InChI=1S/C75H146O17P2/c1-6-10-13-16-19-21-23-24-25-26-27-28-29-30-31-32-33-35-41-46-51-56-61-75(80)92-71(65-86-73(78)59-54-49-44-39-37-36-38-43-47-52-57-68(5)9-4)67-90-94(83,84)88-63-69(76)62-87-93(81,82)89-66-70(64-85-72(77)58-53-48-42-18-15-12-8-3)91-74(79)60-55-50-45-40-34-22-20-17-14-11-7-2/h68-71,76H,6-67H2,1-5H3,(H,81,82)(H,83,84)/t68?,69-,70+,71+/m0/s1. The second-order valence-electron chi connectivity index (χ2n) is 27.3. The fraction of sp³-hybridized carbons (Fsp3) is 0.947. The van der Waals surface area contributed by atoms with Gasteiger partial charge in [-0.05, 0) is 31.6 Å². The number of esters is 4. The average molecular weight is 1380 g/mol. The number of carbonyl (C=O) groups is 4. The van der Waals surface area contributed by atoms with Gasteiger partial charge in [-0.1, -0.05) is 343 Å². The lowest BCUT2D eigenvalue weighted by molar-refractivity contribution is -0.161. The van der Waals surface area contributed by atoms with E-state index in [0.717, 1.165) is 109 Å². The lowest BCUT2D eigenvalue weighted by atomic mass is 9.99. The molecule has 19 heteroatoms. The molecule has 0 aliphatic rings. The van der Waals surface area contributed by atoms with E-state index in [4.69, 9.17) is 37.0 Å². The molecule has 0 aromatic heterocycles. The summed E-state index contributed by atoms with van der Waals surface area (Å²) in [5.41, 5.74) is 0. The summed E-state index contributed by atoms with van der Waals surface area (Å²) in [4.78, 5) is 72.6. The fourth-order valence-electron chi connectivity index (χ4n) is 11.5. The van der Waals surface area contributed by atoms with Crippen LogP contribution in [0, 0.1) is 5.92 Å².